The van der Waals surface area contributed by atoms with Gasteiger partial charge in [0.1, 0.15) is 6.23 Å². The topological polar surface area (TPSA) is 21.3 Å². The molecule has 0 aromatic carbocycles. The lowest BCUT2D eigenvalue weighted by Gasteiger charge is -2.32. The summed E-state index contributed by atoms with van der Waals surface area (Å²) in [7, 11) is 0. The first-order valence-electron chi connectivity index (χ1n) is 8.53. The lowest BCUT2D eigenvalue weighted by molar-refractivity contribution is -0.0564. The Hall–Kier alpha value is -0.600. The van der Waals surface area contributed by atoms with Gasteiger partial charge in [-0.15, -0.1) is 0 Å². The van der Waals surface area contributed by atoms with Crippen molar-refractivity contribution in [1.29, 1.82) is 0 Å². The molecular formula is C18H31NO. The molecule has 2 nitrogen and oxygen atoms in total. The molecule has 2 atom stereocenters. The second kappa shape index (κ2) is 7.42. The van der Waals surface area contributed by atoms with Crippen molar-refractivity contribution in [2.24, 2.45) is 0 Å². The minimum absolute atomic E-state index is 0.0323. The molecule has 0 spiro atoms. The van der Waals surface area contributed by atoms with Gasteiger partial charge in [0.2, 0.25) is 0 Å². The van der Waals surface area contributed by atoms with Gasteiger partial charge in [0.25, 0.3) is 0 Å². The third-order valence-corrected chi connectivity index (χ3v) is 4.93. The zero-order chi connectivity index (χ0) is 14.4. The van der Waals surface area contributed by atoms with Gasteiger partial charge in [-0.2, -0.15) is 0 Å². The molecule has 0 aromatic heterocycles. The summed E-state index contributed by atoms with van der Waals surface area (Å²) < 4.78 is 6.44. The van der Waals surface area contributed by atoms with Crippen LogP contribution in [0.15, 0.2) is 23.8 Å². The fourth-order valence-corrected chi connectivity index (χ4v) is 3.52. The molecule has 0 bridgehead atoms. The summed E-state index contributed by atoms with van der Waals surface area (Å²) in [5.41, 5.74) is 1.52. The highest BCUT2D eigenvalue weighted by Gasteiger charge is 2.45. The molecule has 1 N–H and O–H groups in total. The molecule has 0 saturated carbocycles. The Kier molecular flexibility index (Phi) is 5.86. The lowest BCUT2D eigenvalue weighted by atomic mass is 9.84. The number of unbranched alkanes of at least 4 members (excludes halogenated alkanes) is 1. The standard InChI is InChI=1S/C18H31NO/c1-4-7-13-17-19-16(18(5-2,6-3)20-17)14-15-11-9-8-10-12-15/h9,11-12,16-17,19H,4-8,10,13-14H2,1-3H3. The Bertz CT molecular complexity index is 354. The quantitative estimate of drug-likeness (QED) is 0.727. The van der Waals surface area contributed by atoms with Gasteiger partial charge in [-0.25, -0.2) is 0 Å². The van der Waals surface area contributed by atoms with E-state index in [0.29, 0.717) is 6.04 Å². The Balaban J connectivity index is 2.03. The molecule has 2 aliphatic rings. The highest BCUT2D eigenvalue weighted by atomic mass is 16.5. The van der Waals surface area contributed by atoms with Crippen LogP contribution in [0.3, 0.4) is 0 Å². The normalized spacial score (nSPS) is 28.6. The Morgan fingerprint density at radius 3 is 2.65 bits per heavy atom. The molecule has 1 saturated heterocycles. The Morgan fingerprint density at radius 1 is 1.25 bits per heavy atom. The van der Waals surface area contributed by atoms with E-state index >= 15 is 0 Å². The van der Waals surface area contributed by atoms with E-state index in [1.54, 1.807) is 0 Å². The van der Waals surface area contributed by atoms with Gasteiger partial charge in [-0.3, -0.25) is 5.32 Å². The molecule has 0 radical (unpaired) electrons. The van der Waals surface area contributed by atoms with Crippen LogP contribution >= 0.6 is 0 Å². The first kappa shape index (κ1) is 15.8. The predicted molar refractivity (Wildman–Crippen MR) is 85.7 cm³/mol. The molecule has 1 aliphatic carbocycles. The highest BCUT2D eigenvalue weighted by molar-refractivity contribution is 5.24. The van der Waals surface area contributed by atoms with Crippen LogP contribution in [0.1, 0.15) is 72.1 Å². The summed E-state index contributed by atoms with van der Waals surface area (Å²) in [5, 5.41) is 3.77. The van der Waals surface area contributed by atoms with E-state index in [4.69, 9.17) is 4.74 Å². The SMILES string of the molecule is CCCCC1NC(CC2=CCCC=C2)C(CC)(CC)O1. The highest BCUT2D eigenvalue weighted by Crippen LogP contribution is 2.36. The van der Waals surface area contributed by atoms with Crippen LogP contribution in [-0.4, -0.2) is 17.9 Å². The van der Waals surface area contributed by atoms with Gasteiger partial charge in [0, 0.05) is 6.04 Å². The smallest absolute Gasteiger partial charge is 0.109 e. The molecule has 0 aromatic rings. The molecule has 1 fully saturated rings. The number of hydrogen-bond donors (Lipinski definition) is 1. The van der Waals surface area contributed by atoms with Crippen LogP contribution in [0.4, 0.5) is 0 Å². The largest absolute Gasteiger partial charge is 0.355 e. The van der Waals surface area contributed by atoms with Crippen LogP contribution in [0.25, 0.3) is 0 Å². The molecule has 1 heterocycles. The van der Waals surface area contributed by atoms with Gasteiger partial charge < -0.3 is 4.74 Å². The first-order chi connectivity index (χ1) is 9.74. The molecule has 2 heteroatoms. The maximum absolute atomic E-state index is 6.44. The number of rotatable bonds is 7. The third kappa shape index (κ3) is 3.53. The lowest BCUT2D eigenvalue weighted by Crippen LogP contribution is -2.43. The van der Waals surface area contributed by atoms with Crippen LogP contribution < -0.4 is 5.32 Å². The number of nitrogens with one attached hydrogen (secondary N) is 1. The molecule has 2 unspecified atom stereocenters. The molecule has 114 valence electrons. The zero-order valence-corrected chi connectivity index (χ0v) is 13.5. The van der Waals surface area contributed by atoms with E-state index in [0.717, 1.165) is 25.7 Å². The van der Waals surface area contributed by atoms with Crippen molar-refractivity contribution in [3.8, 4) is 0 Å². The van der Waals surface area contributed by atoms with Crippen molar-refractivity contribution in [2.45, 2.75) is 90.0 Å². The van der Waals surface area contributed by atoms with Crippen molar-refractivity contribution < 1.29 is 4.74 Å². The summed E-state index contributed by atoms with van der Waals surface area (Å²) in [5.74, 6) is 0. The summed E-state index contributed by atoms with van der Waals surface area (Å²) in [6, 6.07) is 0.466. The molecule has 1 aliphatic heterocycles. The minimum Gasteiger partial charge on any atom is -0.355 e. The number of allylic oxidation sites excluding steroid dienone is 3. The monoisotopic (exact) mass is 277 g/mol. The van der Waals surface area contributed by atoms with E-state index in [2.05, 4.69) is 44.3 Å². The van der Waals surface area contributed by atoms with Gasteiger partial charge in [-0.05, 0) is 44.9 Å². The zero-order valence-electron chi connectivity index (χ0n) is 13.5. The number of ether oxygens (including phenoxy) is 1. The fourth-order valence-electron chi connectivity index (χ4n) is 3.52. The Morgan fingerprint density at radius 2 is 2.05 bits per heavy atom. The van der Waals surface area contributed by atoms with Crippen LogP contribution in [-0.2, 0) is 4.74 Å². The van der Waals surface area contributed by atoms with Gasteiger partial charge >= 0.3 is 0 Å². The van der Waals surface area contributed by atoms with Crippen molar-refractivity contribution in [2.75, 3.05) is 0 Å². The summed E-state index contributed by atoms with van der Waals surface area (Å²) in [4.78, 5) is 0. The molecular weight excluding hydrogens is 246 g/mol. The van der Waals surface area contributed by atoms with E-state index in [-0.39, 0.29) is 11.8 Å². The van der Waals surface area contributed by atoms with E-state index in [1.807, 2.05) is 0 Å². The van der Waals surface area contributed by atoms with E-state index < -0.39 is 0 Å². The average Bonchev–Trinajstić information content (AvgIpc) is 2.84. The van der Waals surface area contributed by atoms with Crippen LogP contribution in [0, 0.1) is 0 Å². The maximum atomic E-state index is 6.44. The molecule has 2 rings (SSSR count). The fraction of sp³-hybridized carbons (Fsp3) is 0.778. The van der Waals surface area contributed by atoms with E-state index in [9.17, 15) is 0 Å². The van der Waals surface area contributed by atoms with Crippen LogP contribution in [0.5, 0.6) is 0 Å². The summed E-state index contributed by atoms with van der Waals surface area (Å²) >= 11 is 0. The van der Waals surface area contributed by atoms with Gasteiger partial charge in [0.15, 0.2) is 0 Å². The minimum atomic E-state index is 0.0323. The summed E-state index contributed by atoms with van der Waals surface area (Å²) in [6.45, 7) is 6.79. The first-order valence-corrected chi connectivity index (χ1v) is 8.53. The van der Waals surface area contributed by atoms with Crippen molar-refractivity contribution in [3.05, 3.63) is 23.8 Å². The van der Waals surface area contributed by atoms with Crippen molar-refractivity contribution in [3.63, 3.8) is 0 Å². The third-order valence-electron chi connectivity index (χ3n) is 4.93. The molecule has 20 heavy (non-hydrogen) atoms. The summed E-state index contributed by atoms with van der Waals surface area (Å²) in [6.07, 6.45) is 16.6. The van der Waals surface area contributed by atoms with Gasteiger partial charge in [0.05, 0.1) is 5.60 Å². The maximum Gasteiger partial charge on any atom is 0.109 e. The second-order valence-corrected chi connectivity index (χ2v) is 6.20. The molecule has 0 amide bonds. The Labute approximate surface area is 124 Å². The predicted octanol–water partition coefficient (Wildman–Crippen LogP) is 4.72. The van der Waals surface area contributed by atoms with Crippen LogP contribution in [0.2, 0.25) is 0 Å². The van der Waals surface area contributed by atoms with Crippen molar-refractivity contribution in [1.82, 2.24) is 5.32 Å². The second-order valence-electron chi connectivity index (χ2n) is 6.20. The van der Waals surface area contributed by atoms with Gasteiger partial charge in [-0.1, -0.05) is 51.0 Å². The average molecular weight is 277 g/mol. The van der Waals surface area contributed by atoms with Crippen molar-refractivity contribution >= 4 is 0 Å². The van der Waals surface area contributed by atoms with E-state index in [1.165, 1.54) is 31.3 Å². The number of hydrogen-bond acceptors (Lipinski definition) is 2.